The minimum Gasteiger partial charge on any atom is -0.466 e. The largest absolute Gasteiger partial charge is 0.466 e. The number of hydrogen-bond donors (Lipinski definition) is 0. The Kier molecular flexibility index (Phi) is 12.9. The first-order valence-electron chi connectivity index (χ1n) is 8.86. The van der Waals surface area contributed by atoms with Gasteiger partial charge >= 0.3 is 23.9 Å². The van der Waals surface area contributed by atoms with E-state index in [1.54, 1.807) is 13.8 Å². The van der Waals surface area contributed by atoms with Crippen LogP contribution >= 0.6 is 0 Å². The van der Waals surface area contributed by atoms with Crippen LogP contribution in [0.2, 0.25) is 0 Å². The summed E-state index contributed by atoms with van der Waals surface area (Å²) >= 11 is 0. The van der Waals surface area contributed by atoms with E-state index in [9.17, 15) is 19.2 Å². The highest BCUT2D eigenvalue weighted by Crippen LogP contribution is 2.08. The van der Waals surface area contributed by atoms with Crippen molar-refractivity contribution in [2.45, 2.75) is 78.4 Å². The van der Waals surface area contributed by atoms with Gasteiger partial charge in [-0.15, -0.1) is 0 Å². The molecule has 0 N–H and O–H groups in total. The Morgan fingerprint density at radius 1 is 0.692 bits per heavy atom. The molecule has 0 rings (SSSR count). The lowest BCUT2D eigenvalue weighted by Gasteiger charge is -2.14. The van der Waals surface area contributed by atoms with Crippen molar-refractivity contribution >= 4 is 23.9 Å². The van der Waals surface area contributed by atoms with Crippen molar-refractivity contribution < 1.29 is 38.1 Å². The van der Waals surface area contributed by atoms with Crippen LogP contribution < -0.4 is 0 Å². The predicted octanol–water partition coefficient (Wildman–Crippen LogP) is 2.32. The number of carbonyl (C=O) groups excluding carboxylic acids is 4. The first-order valence-corrected chi connectivity index (χ1v) is 8.86. The molecule has 0 radical (unpaired) electrons. The van der Waals surface area contributed by atoms with Crippen LogP contribution in [0.4, 0.5) is 0 Å². The summed E-state index contributed by atoms with van der Waals surface area (Å²) in [4.78, 5) is 44.6. The molecule has 2 atom stereocenters. The number of ether oxygens (including phenoxy) is 4. The molecule has 0 aliphatic carbocycles. The molecule has 0 aromatic rings. The zero-order valence-corrected chi connectivity index (χ0v) is 16.1. The first kappa shape index (κ1) is 23.9. The molecule has 0 aromatic carbocycles. The van der Waals surface area contributed by atoms with Crippen molar-refractivity contribution in [1.82, 2.24) is 0 Å². The topological polar surface area (TPSA) is 105 Å². The first-order chi connectivity index (χ1) is 12.2. The van der Waals surface area contributed by atoms with Gasteiger partial charge in [-0.3, -0.25) is 19.2 Å². The second-order valence-corrected chi connectivity index (χ2v) is 6.07. The molecule has 0 fully saturated rings. The van der Waals surface area contributed by atoms with Crippen LogP contribution in [0.15, 0.2) is 0 Å². The number of unbranched alkanes of at least 4 members (excludes halogenated alkanes) is 1. The van der Waals surface area contributed by atoms with Gasteiger partial charge in [0.2, 0.25) is 0 Å². The molecule has 0 aliphatic heterocycles. The lowest BCUT2D eigenvalue weighted by Crippen LogP contribution is -2.18. The van der Waals surface area contributed by atoms with E-state index in [1.165, 1.54) is 13.8 Å². The zero-order chi connectivity index (χ0) is 19.9. The molecule has 26 heavy (non-hydrogen) atoms. The molecule has 0 bridgehead atoms. The second kappa shape index (κ2) is 14.1. The number of rotatable bonds is 13. The Bertz CT molecular complexity index is 418. The van der Waals surface area contributed by atoms with Gasteiger partial charge < -0.3 is 18.9 Å². The van der Waals surface area contributed by atoms with E-state index in [-0.39, 0.29) is 62.1 Å². The Morgan fingerprint density at radius 2 is 1.04 bits per heavy atom. The molecule has 0 amide bonds. The standard InChI is InChI=1S/C18H30O8/c1-13(9-11-23-15(3)19)25-17(21)7-5-6-8-18(22)26-14(2)10-12-24-16(4)20/h13-14H,5-12H2,1-4H3/t13-,14+. The van der Waals surface area contributed by atoms with Crippen LogP contribution in [0.25, 0.3) is 0 Å². The highest BCUT2D eigenvalue weighted by atomic mass is 16.6. The zero-order valence-electron chi connectivity index (χ0n) is 16.1. The molecule has 0 aliphatic rings. The van der Waals surface area contributed by atoms with E-state index in [0.717, 1.165) is 0 Å². The minimum absolute atomic E-state index is 0.214. The maximum Gasteiger partial charge on any atom is 0.306 e. The summed E-state index contributed by atoms with van der Waals surface area (Å²) in [6.45, 7) is 6.53. The van der Waals surface area contributed by atoms with Crippen LogP contribution in [0, 0.1) is 0 Å². The van der Waals surface area contributed by atoms with Gasteiger partial charge in [-0.05, 0) is 26.7 Å². The van der Waals surface area contributed by atoms with Crippen molar-refractivity contribution in [2.75, 3.05) is 13.2 Å². The van der Waals surface area contributed by atoms with Gasteiger partial charge in [0, 0.05) is 39.5 Å². The van der Waals surface area contributed by atoms with Crippen molar-refractivity contribution in [3.8, 4) is 0 Å². The molecule has 0 heterocycles. The fourth-order valence-electron chi connectivity index (χ4n) is 1.96. The van der Waals surface area contributed by atoms with Gasteiger partial charge in [-0.1, -0.05) is 0 Å². The van der Waals surface area contributed by atoms with Crippen LogP contribution in [0.3, 0.4) is 0 Å². The van der Waals surface area contributed by atoms with Crippen LogP contribution in [0.1, 0.15) is 66.2 Å². The Labute approximate surface area is 154 Å². The summed E-state index contributed by atoms with van der Waals surface area (Å²) in [5.74, 6) is -1.42. The van der Waals surface area contributed by atoms with Crippen molar-refractivity contribution in [1.29, 1.82) is 0 Å². The van der Waals surface area contributed by atoms with E-state index in [2.05, 4.69) is 0 Å². The van der Waals surface area contributed by atoms with E-state index in [0.29, 0.717) is 25.7 Å². The highest BCUT2D eigenvalue weighted by molar-refractivity contribution is 5.71. The molecule has 0 unspecified atom stereocenters. The molecule has 0 saturated heterocycles. The minimum atomic E-state index is -0.365. The van der Waals surface area contributed by atoms with Crippen LogP contribution in [-0.4, -0.2) is 49.3 Å². The average molecular weight is 374 g/mol. The molecule has 150 valence electrons. The molecule has 0 saturated carbocycles. The van der Waals surface area contributed by atoms with E-state index in [1.807, 2.05) is 0 Å². The summed E-state index contributed by atoms with van der Waals surface area (Å²) in [6, 6.07) is 0. The van der Waals surface area contributed by atoms with Gasteiger partial charge in [-0.25, -0.2) is 0 Å². The summed E-state index contributed by atoms with van der Waals surface area (Å²) in [7, 11) is 0. The van der Waals surface area contributed by atoms with Crippen molar-refractivity contribution in [3.05, 3.63) is 0 Å². The second-order valence-electron chi connectivity index (χ2n) is 6.07. The normalized spacial score (nSPS) is 12.6. The third-order valence-electron chi connectivity index (χ3n) is 3.34. The Morgan fingerprint density at radius 3 is 1.35 bits per heavy atom. The molecule has 0 spiro atoms. The smallest absolute Gasteiger partial charge is 0.306 e. The maximum absolute atomic E-state index is 11.7. The number of hydrogen-bond acceptors (Lipinski definition) is 8. The van der Waals surface area contributed by atoms with Gasteiger partial charge in [-0.2, -0.15) is 0 Å². The average Bonchev–Trinajstić information content (AvgIpc) is 2.50. The van der Waals surface area contributed by atoms with Gasteiger partial charge in [0.15, 0.2) is 0 Å². The fraction of sp³-hybridized carbons (Fsp3) is 0.778. The summed E-state index contributed by atoms with van der Waals surface area (Å²) in [5, 5.41) is 0. The summed E-state index contributed by atoms with van der Waals surface area (Å²) in [6.07, 6.45) is 1.71. The highest BCUT2D eigenvalue weighted by Gasteiger charge is 2.12. The third-order valence-corrected chi connectivity index (χ3v) is 3.34. The quantitative estimate of drug-likeness (QED) is 0.275. The molecule has 8 heteroatoms. The lowest BCUT2D eigenvalue weighted by atomic mass is 10.2. The molecular formula is C18H30O8. The Hall–Kier alpha value is -2.12. The molecule has 0 aromatic heterocycles. The number of carbonyl (C=O) groups is 4. The monoisotopic (exact) mass is 374 g/mol. The third kappa shape index (κ3) is 15.4. The van der Waals surface area contributed by atoms with E-state index in [4.69, 9.17) is 18.9 Å². The Balaban J connectivity index is 3.70. The molecular weight excluding hydrogens is 344 g/mol. The lowest BCUT2D eigenvalue weighted by molar-refractivity contribution is -0.152. The van der Waals surface area contributed by atoms with Gasteiger partial charge in [0.1, 0.15) is 12.2 Å². The van der Waals surface area contributed by atoms with Crippen molar-refractivity contribution in [3.63, 3.8) is 0 Å². The maximum atomic E-state index is 11.7. The van der Waals surface area contributed by atoms with Crippen LogP contribution in [0.5, 0.6) is 0 Å². The van der Waals surface area contributed by atoms with Crippen LogP contribution in [-0.2, 0) is 38.1 Å². The van der Waals surface area contributed by atoms with E-state index >= 15 is 0 Å². The fourth-order valence-corrected chi connectivity index (χ4v) is 1.96. The van der Waals surface area contributed by atoms with E-state index < -0.39 is 0 Å². The van der Waals surface area contributed by atoms with Crippen molar-refractivity contribution in [2.24, 2.45) is 0 Å². The SMILES string of the molecule is CC(=O)OCC[C@@H](C)OC(=O)CCCCC(=O)O[C@@H](C)CCOC(C)=O. The summed E-state index contributed by atoms with van der Waals surface area (Å²) < 4.78 is 19.9. The number of esters is 4. The molecule has 8 nitrogen and oxygen atoms in total. The summed E-state index contributed by atoms with van der Waals surface area (Å²) in [5.41, 5.74) is 0. The van der Waals surface area contributed by atoms with Gasteiger partial charge in [0.25, 0.3) is 0 Å². The van der Waals surface area contributed by atoms with Gasteiger partial charge in [0.05, 0.1) is 13.2 Å². The predicted molar refractivity (Wildman–Crippen MR) is 92.1 cm³/mol.